The Morgan fingerprint density at radius 1 is 1.23 bits per heavy atom. The van der Waals surface area contributed by atoms with E-state index in [-0.39, 0.29) is 35.2 Å². The molecule has 0 aliphatic carbocycles. The smallest absolute Gasteiger partial charge is 0.258 e. The number of anilines is 3. The van der Waals surface area contributed by atoms with E-state index in [2.05, 4.69) is 27.5 Å². The zero-order chi connectivity index (χ0) is 21.4. The molecular formula is C22H27N5O3. The first kappa shape index (κ1) is 20.1. The maximum Gasteiger partial charge on any atom is 0.258 e. The van der Waals surface area contributed by atoms with Gasteiger partial charge in [-0.3, -0.25) is 19.4 Å². The molecule has 0 spiro atoms. The van der Waals surface area contributed by atoms with Crippen LogP contribution in [0.1, 0.15) is 48.8 Å². The van der Waals surface area contributed by atoms with E-state index in [9.17, 15) is 14.4 Å². The largest absolute Gasteiger partial charge is 0.342 e. The minimum atomic E-state index is -0.888. The average molecular weight is 409 g/mol. The molecule has 4 rings (SSSR count). The first-order valence-electron chi connectivity index (χ1n) is 10.4. The lowest BCUT2D eigenvalue weighted by molar-refractivity contribution is -0.123. The number of aromatic amines is 1. The molecule has 0 unspecified atom stereocenters. The molecule has 158 valence electrons. The zero-order valence-corrected chi connectivity index (χ0v) is 17.5. The molecule has 0 bridgehead atoms. The molecule has 2 aliphatic heterocycles. The Balaban J connectivity index is 1.64. The van der Waals surface area contributed by atoms with E-state index in [0.717, 1.165) is 37.1 Å². The fraction of sp³-hybridized carbons (Fsp3) is 0.455. The summed E-state index contributed by atoms with van der Waals surface area (Å²) < 4.78 is 0. The predicted octanol–water partition coefficient (Wildman–Crippen LogP) is 2.69. The molecule has 3 heterocycles. The van der Waals surface area contributed by atoms with E-state index < -0.39 is 5.92 Å². The highest BCUT2D eigenvalue weighted by Crippen LogP contribution is 2.31. The van der Waals surface area contributed by atoms with Gasteiger partial charge in [0.05, 0.1) is 11.5 Å². The molecule has 1 fully saturated rings. The van der Waals surface area contributed by atoms with Crippen LogP contribution in [0.25, 0.3) is 0 Å². The number of fused-ring (bicyclic) bond motifs is 1. The van der Waals surface area contributed by atoms with Crippen molar-refractivity contribution in [3.05, 3.63) is 45.2 Å². The summed E-state index contributed by atoms with van der Waals surface area (Å²) in [5.41, 5.74) is 2.64. The fourth-order valence-electron chi connectivity index (χ4n) is 4.16. The zero-order valence-electron chi connectivity index (χ0n) is 17.5. The van der Waals surface area contributed by atoms with Crippen LogP contribution < -0.4 is 21.1 Å². The fourth-order valence-corrected chi connectivity index (χ4v) is 4.16. The number of hydrogen-bond acceptors (Lipinski definition) is 5. The Labute approximate surface area is 175 Å². The van der Waals surface area contributed by atoms with E-state index in [1.807, 2.05) is 36.9 Å². The maximum absolute atomic E-state index is 13.0. The summed E-state index contributed by atoms with van der Waals surface area (Å²) in [5, 5.41) is 5.52. The van der Waals surface area contributed by atoms with Gasteiger partial charge in [-0.2, -0.15) is 4.98 Å². The summed E-state index contributed by atoms with van der Waals surface area (Å²) in [6, 6.07) is 5.61. The third-order valence-electron chi connectivity index (χ3n) is 5.99. The van der Waals surface area contributed by atoms with E-state index in [0.29, 0.717) is 17.6 Å². The normalized spacial score (nSPS) is 21.0. The first-order valence-corrected chi connectivity index (χ1v) is 10.4. The van der Waals surface area contributed by atoms with Crippen LogP contribution in [0.2, 0.25) is 0 Å². The first-order chi connectivity index (χ1) is 14.3. The van der Waals surface area contributed by atoms with Gasteiger partial charge in [-0.1, -0.05) is 13.0 Å². The molecule has 1 aromatic carbocycles. The topological polar surface area (TPSA) is 107 Å². The van der Waals surface area contributed by atoms with Crippen LogP contribution in [0.15, 0.2) is 23.0 Å². The molecule has 30 heavy (non-hydrogen) atoms. The molecule has 3 N–H and O–H groups in total. The van der Waals surface area contributed by atoms with Crippen LogP contribution >= 0.6 is 0 Å². The lowest BCUT2D eigenvalue weighted by atomic mass is 9.92. The molecule has 0 saturated carbocycles. The number of nitrogens with one attached hydrogen (secondary N) is 3. The van der Waals surface area contributed by atoms with Crippen molar-refractivity contribution in [3.8, 4) is 0 Å². The summed E-state index contributed by atoms with van der Waals surface area (Å²) in [4.78, 5) is 47.6. The average Bonchev–Trinajstić information content (AvgIpc) is 2.69. The van der Waals surface area contributed by atoms with Crippen molar-refractivity contribution in [2.24, 2.45) is 5.92 Å². The molecule has 2 aromatic rings. The third kappa shape index (κ3) is 3.94. The van der Waals surface area contributed by atoms with Crippen LogP contribution in [0, 0.1) is 19.8 Å². The number of hydrogen-bond donors (Lipinski definition) is 3. The highest BCUT2D eigenvalue weighted by atomic mass is 16.2. The molecule has 0 radical (unpaired) electrons. The Hall–Kier alpha value is -3.16. The van der Waals surface area contributed by atoms with Crippen molar-refractivity contribution in [2.75, 3.05) is 28.6 Å². The van der Waals surface area contributed by atoms with Gasteiger partial charge >= 0.3 is 0 Å². The Morgan fingerprint density at radius 2 is 2.03 bits per heavy atom. The van der Waals surface area contributed by atoms with Crippen molar-refractivity contribution < 1.29 is 9.59 Å². The molecular weight excluding hydrogens is 382 g/mol. The summed E-state index contributed by atoms with van der Waals surface area (Å²) >= 11 is 0. The van der Waals surface area contributed by atoms with E-state index >= 15 is 0 Å². The SMILES string of the molecule is Cc1ccc(NC(=O)[C@H]2CC(=O)Nc3nc(N4CCC[C@H](C)C4)[nH]c(=O)c32)cc1C. The summed E-state index contributed by atoms with van der Waals surface area (Å²) in [5.74, 6) is -0.462. The van der Waals surface area contributed by atoms with Crippen molar-refractivity contribution in [2.45, 2.75) is 46.0 Å². The lowest BCUT2D eigenvalue weighted by Crippen LogP contribution is -2.40. The molecule has 8 heteroatoms. The molecule has 8 nitrogen and oxygen atoms in total. The standard InChI is InChI=1S/C22H27N5O3/c1-12-5-4-8-27(11-12)22-25-19-18(21(30)26-22)16(10-17(28)24-19)20(29)23-15-7-6-13(2)14(3)9-15/h6-7,9,12,16H,4-5,8,10-11H2,1-3H3,(H,23,29)(H2,24,25,26,28,30)/t12-,16-/m0/s1. The second-order valence-electron chi connectivity index (χ2n) is 8.44. The number of nitrogens with zero attached hydrogens (tertiary/aromatic N) is 2. The Kier molecular flexibility index (Phi) is 5.32. The van der Waals surface area contributed by atoms with Gasteiger partial charge in [-0.05, 0) is 55.9 Å². The van der Waals surface area contributed by atoms with Gasteiger partial charge in [-0.25, -0.2) is 0 Å². The van der Waals surface area contributed by atoms with Gasteiger partial charge in [0, 0.05) is 25.2 Å². The number of carbonyl (C=O) groups excluding carboxylic acids is 2. The third-order valence-corrected chi connectivity index (χ3v) is 5.99. The van der Waals surface area contributed by atoms with E-state index in [1.54, 1.807) is 0 Å². The number of piperidine rings is 1. The number of H-pyrrole nitrogens is 1. The molecule has 1 aromatic heterocycles. The van der Waals surface area contributed by atoms with Crippen LogP contribution in [0.5, 0.6) is 0 Å². The van der Waals surface area contributed by atoms with Crippen LogP contribution in [0.4, 0.5) is 17.5 Å². The number of rotatable bonds is 3. The number of carbonyl (C=O) groups is 2. The number of amides is 2. The minimum absolute atomic E-state index is 0.0888. The summed E-state index contributed by atoms with van der Waals surface area (Å²) in [6.45, 7) is 7.72. The van der Waals surface area contributed by atoms with Gasteiger partial charge in [0.25, 0.3) is 5.56 Å². The number of aromatic nitrogens is 2. The Bertz CT molecular complexity index is 1060. The molecule has 2 aliphatic rings. The van der Waals surface area contributed by atoms with Gasteiger partial charge in [0.1, 0.15) is 5.82 Å². The number of aryl methyl sites for hydroxylation is 2. The van der Waals surface area contributed by atoms with Crippen LogP contribution in [-0.2, 0) is 9.59 Å². The highest BCUT2D eigenvalue weighted by molar-refractivity contribution is 6.04. The van der Waals surface area contributed by atoms with Crippen LogP contribution in [0.3, 0.4) is 0 Å². The van der Waals surface area contributed by atoms with Gasteiger partial charge < -0.3 is 15.5 Å². The summed E-state index contributed by atoms with van der Waals surface area (Å²) in [6.07, 6.45) is 2.08. The second kappa shape index (κ2) is 7.93. The van der Waals surface area contributed by atoms with Gasteiger partial charge in [-0.15, -0.1) is 0 Å². The van der Waals surface area contributed by atoms with Crippen molar-refractivity contribution in [1.82, 2.24) is 9.97 Å². The summed E-state index contributed by atoms with van der Waals surface area (Å²) in [7, 11) is 0. The second-order valence-corrected chi connectivity index (χ2v) is 8.44. The highest BCUT2D eigenvalue weighted by Gasteiger charge is 2.35. The van der Waals surface area contributed by atoms with E-state index in [1.165, 1.54) is 0 Å². The lowest BCUT2D eigenvalue weighted by Gasteiger charge is -2.32. The van der Waals surface area contributed by atoms with Crippen LogP contribution in [-0.4, -0.2) is 34.9 Å². The molecule has 2 atom stereocenters. The monoisotopic (exact) mass is 409 g/mol. The predicted molar refractivity (Wildman–Crippen MR) is 116 cm³/mol. The van der Waals surface area contributed by atoms with Gasteiger partial charge in [0.15, 0.2) is 0 Å². The minimum Gasteiger partial charge on any atom is -0.342 e. The van der Waals surface area contributed by atoms with Crippen molar-refractivity contribution >= 4 is 29.3 Å². The molecule has 2 amide bonds. The number of benzene rings is 1. The molecule has 1 saturated heterocycles. The van der Waals surface area contributed by atoms with E-state index in [4.69, 9.17) is 0 Å². The van der Waals surface area contributed by atoms with Gasteiger partial charge in [0.2, 0.25) is 17.8 Å². The van der Waals surface area contributed by atoms with Crippen molar-refractivity contribution in [1.29, 1.82) is 0 Å². The van der Waals surface area contributed by atoms with Crippen molar-refractivity contribution in [3.63, 3.8) is 0 Å². The Morgan fingerprint density at radius 3 is 2.77 bits per heavy atom. The quantitative estimate of drug-likeness (QED) is 0.723. The maximum atomic E-state index is 13.0.